The topological polar surface area (TPSA) is 0 Å². The molecule has 1 saturated carbocycles. The maximum Gasteiger partial charge on any atom is -0.0128 e. The lowest BCUT2D eigenvalue weighted by Crippen LogP contribution is -2.29. The molecule has 3 rings (SSSR count). The standard InChI is InChI=1S/C20H26/c1-20(2,3)19-11-7-6-10-18(19)17-13-12-15-8-4-5-9-16(15)14-17/h4-5,8-9,12-14,18-19H,6-7,10-11H2,1-3H3. The molecule has 0 amide bonds. The van der Waals surface area contributed by atoms with Gasteiger partial charge in [-0.25, -0.2) is 0 Å². The summed E-state index contributed by atoms with van der Waals surface area (Å²) in [5, 5.41) is 2.75. The molecule has 0 spiro atoms. The van der Waals surface area contributed by atoms with Crippen LogP contribution in [0.5, 0.6) is 0 Å². The smallest absolute Gasteiger partial charge is 0.0128 e. The van der Waals surface area contributed by atoms with E-state index in [9.17, 15) is 0 Å². The number of fused-ring (bicyclic) bond motifs is 1. The Kier molecular flexibility index (Phi) is 3.58. The van der Waals surface area contributed by atoms with Crippen molar-refractivity contribution >= 4 is 10.8 Å². The second-order valence-electron chi connectivity index (χ2n) is 7.47. The van der Waals surface area contributed by atoms with Crippen molar-refractivity contribution in [2.75, 3.05) is 0 Å². The minimum absolute atomic E-state index is 0.413. The van der Waals surface area contributed by atoms with Crippen LogP contribution in [0.2, 0.25) is 0 Å². The molecular weight excluding hydrogens is 240 g/mol. The van der Waals surface area contributed by atoms with E-state index >= 15 is 0 Å². The van der Waals surface area contributed by atoms with Crippen LogP contribution in [0.3, 0.4) is 0 Å². The summed E-state index contributed by atoms with van der Waals surface area (Å²) in [7, 11) is 0. The molecule has 106 valence electrons. The lowest BCUT2D eigenvalue weighted by Gasteiger charge is -2.41. The van der Waals surface area contributed by atoms with Crippen LogP contribution >= 0.6 is 0 Å². The van der Waals surface area contributed by atoms with Gasteiger partial charge in [-0.15, -0.1) is 0 Å². The lowest BCUT2D eigenvalue weighted by atomic mass is 9.64. The Morgan fingerprint density at radius 1 is 0.850 bits per heavy atom. The van der Waals surface area contributed by atoms with E-state index in [1.807, 2.05) is 0 Å². The third-order valence-corrected chi connectivity index (χ3v) is 5.08. The van der Waals surface area contributed by atoms with Gasteiger partial charge in [-0.2, -0.15) is 0 Å². The van der Waals surface area contributed by atoms with Gasteiger partial charge in [-0.3, -0.25) is 0 Å². The average Bonchev–Trinajstić information content (AvgIpc) is 2.46. The molecule has 0 heteroatoms. The monoisotopic (exact) mass is 266 g/mol. The van der Waals surface area contributed by atoms with Gasteiger partial charge in [0.1, 0.15) is 0 Å². The number of rotatable bonds is 1. The van der Waals surface area contributed by atoms with Crippen molar-refractivity contribution in [1.82, 2.24) is 0 Å². The Balaban J connectivity index is 1.99. The van der Waals surface area contributed by atoms with Crippen molar-refractivity contribution in [3.8, 4) is 0 Å². The molecule has 0 aliphatic heterocycles. The van der Waals surface area contributed by atoms with E-state index in [0.717, 1.165) is 11.8 Å². The molecule has 0 nitrogen and oxygen atoms in total. The van der Waals surface area contributed by atoms with Crippen LogP contribution in [0, 0.1) is 11.3 Å². The zero-order chi connectivity index (χ0) is 14.2. The van der Waals surface area contributed by atoms with E-state index in [1.54, 1.807) is 5.56 Å². The highest BCUT2D eigenvalue weighted by Crippen LogP contribution is 2.47. The SMILES string of the molecule is CC(C)(C)C1CCCCC1c1ccc2ccccc2c1. The summed E-state index contributed by atoms with van der Waals surface area (Å²) >= 11 is 0. The number of benzene rings is 2. The van der Waals surface area contributed by atoms with Gasteiger partial charge in [-0.1, -0.05) is 76.1 Å². The minimum atomic E-state index is 0.413. The molecule has 0 aromatic heterocycles. The van der Waals surface area contributed by atoms with Crippen molar-refractivity contribution < 1.29 is 0 Å². The van der Waals surface area contributed by atoms with Gasteiger partial charge >= 0.3 is 0 Å². The fourth-order valence-electron chi connectivity index (χ4n) is 4.00. The quantitative estimate of drug-likeness (QED) is 0.580. The van der Waals surface area contributed by atoms with Gasteiger partial charge < -0.3 is 0 Å². The molecule has 2 aromatic carbocycles. The average molecular weight is 266 g/mol. The van der Waals surface area contributed by atoms with Gasteiger partial charge in [0.15, 0.2) is 0 Å². The van der Waals surface area contributed by atoms with Crippen molar-refractivity contribution in [3.05, 3.63) is 48.0 Å². The zero-order valence-corrected chi connectivity index (χ0v) is 13.0. The van der Waals surface area contributed by atoms with E-state index in [2.05, 4.69) is 63.2 Å². The maximum absolute atomic E-state index is 2.43. The predicted octanol–water partition coefficient (Wildman–Crippen LogP) is 6.16. The summed E-state index contributed by atoms with van der Waals surface area (Å²) in [6.07, 6.45) is 5.55. The van der Waals surface area contributed by atoms with Gasteiger partial charge in [-0.05, 0) is 46.4 Å². The van der Waals surface area contributed by atoms with Gasteiger partial charge in [0, 0.05) is 0 Å². The first-order chi connectivity index (χ1) is 9.55. The van der Waals surface area contributed by atoms with Crippen LogP contribution in [0.4, 0.5) is 0 Å². The maximum atomic E-state index is 2.43. The Labute approximate surface area is 123 Å². The molecule has 2 atom stereocenters. The fourth-order valence-corrected chi connectivity index (χ4v) is 4.00. The van der Waals surface area contributed by atoms with E-state index < -0.39 is 0 Å². The molecule has 1 aliphatic rings. The van der Waals surface area contributed by atoms with Gasteiger partial charge in [0.2, 0.25) is 0 Å². The first-order valence-corrected chi connectivity index (χ1v) is 8.04. The van der Waals surface area contributed by atoms with Gasteiger partial charge in [0.05, 0.1) is 0 Å². The first kappa shape index (κ1) is 13.7. The summed E-state index contributed by atoms with van der Waals surface area (Å²) in [5.41, 5.74) is 1.97. The highest BCUT2D eigenvalue weighted by molar-refractivity contribution is 5.83. The Hall–Kier alpha value is -1.30. The molecule has 1 aliphatic carbocycles. The molecule has 0 heterocycles. The van der Waals surface area contributed by atoms with Crippen LogP contribution in [-0.2, 0) is 0 Å². The summed E-state index contributed by atoms with van der Waals surface area (Å²) in [4.78, 5) is 0. The summed E-state index contributed by atoms with van der Waals surface area (Å²) in [6.45, 7) is 7.24. The third-order valence-electron chi connectivity index (χ3n) is 5.08. The first-order valence-electron chi connectivity index (χ1n) is 8.04. The summed E-state index contributed by atoms with van der Waals surface area (Å²) in [5.74, 6) is 1.56. The van der Waals surface area contributed by atoms with Crippen molar-refractivity contribution in [2.24, 2.45) is 11.3 Å². The molecule has 0 bridgehead atoms. The van der Waals surface area contributed by atoms with Crippen LogP contribution in [-0.4, -0.2) is 0 Å². The molecule has 1 fully saturated rings. The van der Waals surface area contributed by atoms with Crippen LogP contribution in [0.15, 0.2) is 42.5 Å². The van der Waals surface area contributed by atoms with E-state index in [-0.39, 0.29) is 0 Å². The number of hydrogen-bond acceptors (Lipinski definition) is 0. The molecule has 2 aromatic rings. The molecule has 20 heavy (non-hydrogen) atoms. The molecule has 0 N–H and O–H groups in total. The van der Waals surface area contributed by atoms with Crippen molar-refractivity contribution in [2.45, 2.75) is 52.4 Å². The molecule has 2 unspecified atom stereocenters. The molecule has 0 radical (unpaired) electrons. The third kappa shape index (κ3) is 2.61. The lowest BCUT2D eigenvalue weighted by molar-refractivity contribution is 0.151. The zero-order valence-electron chi connectivity index (χ0n) is 13.0. The van der Waals surface area contributed by atoms with Crippen molar-refractivity contribution in [3.63, 3.8) is 0 Å². The van der Waals surface area contributed by atoms with Crippen LogP contribution in [0.1, 0.15) is 57.9 Å². The van der Waals surface area contributed by atoms with E-state index in [0.29, 0.717) is 5.41 Å². The normalized spacial score (nSPS) is 23.9. The van der Waals surface area contributed by atoms with Gasteiger partial charge in [0.25, 0.3) is 0 Å². The molecular formula is C20H26. The van der Waals surface area contributed by atoms with Crippen LogP contribution in [0.25, 0.3) is 10.8 Å². The molecule has 0 saturated heterocycles. The fraction of sp³-hybridized carbons (Fsp3) is 0.500. The minimum Gasteiger partial charge on any atom is -0.0616 e. The van der Waals surface area contributed by atoms with Crippen LogP contribution < -0.4 is 0 Å². The van der Waals surface area contributed by atoms with Crippen molar-refractivity contribution in [1.29, 1.82) is 0 Å². The highest BCUT2D eigenvalue weighted by atomic mass is 14.4. The second-order valence-corrected chi connectivity index (χ2v) is 7.47. The summed E-state index contributed by atoms with van der Waals surface area (Å²) in [6, 6.07) is 15.8. The second kappa shape index (κ2) is 5.24. The Morgan fingerprint density at radius 2 is 1.55 bits per heavy atom. The van der Waals surface area contributed by atoms with E-state index in [4.69, 9.17) is 0 Å². The predicted molar refractivity (Wildman–Crippen MR) is 88.1 cm³/mol. The largest absolute Gasteiger partial charge is 0.0616 e. The Bertz CT molecular complexity index is 588. The summed E-state index contributed by atoms with van der Waals surface area (Å²) < 4.78 is 0. The number of hydrogen-bond donors (Lipinski definition) is 0. The van der Waals surface area contributed by atoms with E-state index in [1.165, 1.54) is 36.5 Å². The highest BCUT2D eigenvalue weighted by Gasteiger charge is 2.34. The Morgan fingerprint density at radius 3 is 2.30 bits per heavy atom.